The number of nitrogens with one attached hydrogen (secondary N) is 2. The molecular weight excluding hydrogens is 537 g/mol. The van der Waals surface area contributed by atoms with E-state index in [1.807, 2.05) is 0 Å². The molecule has 5 rings (SSSR count). The third kappa shape index (κ3) is 4.40. The van der Waals surface area contributed by atoms with E-state index in [2.05, 4.69) is 28.9 Å². The van der Waals surface area contributed by atoms with Crippen LogP contribution in [0, 0.1) is 0 Å². The lowest BCUT2D eigenvalue weighted by Gasteiger charge is -2.31. The Kier molecular flexibility index (Phi) is 5.50. The molecule has 1 spiro atoms. The minimum absolute atomic E-state index is 0.0477. The van der Waals surface area contributed by atoms with Gasteiger partial charge in [0.15, 0.2) is 17.9 Å². The van der Waals surface area contributed by atoms with Gasteiger partial charge in [-0.3, -0.25) is 9.42 Å². The van der Waals surface area contributed by atoms with Crippen LogP contribution in [0.1, 0.15) is 0 Å². The predicted molar refractivity (Wildman–Crippen MR) is 97.8 cm³/mol. The second-order valence-corrected chi connectivity index (χ2v) is 11.7. The number of hydroxylamine groups is 3. The topological polar surface area (TPSA) is 313 Å². The normalized spacial score (nSPS) is 39.8. The summed E-state index contributed by atoms with van der Waals surface area (Å²) in [6.07, 6.45) is -6.93. The van der Waals surface area contributed by atoms with Crippen LogP contribution in [0.5, 0.6) is 0 Å². The van der Waals surface area contributed by atoms with E-state index in [9.17, 15) is 33.7 Å². The SMILES string of the molecule is NC1=N[C@@]2(NO2)C2=C(N1)N([C@@H]1O[C@H](COP(=O)(O)OP(=O)(O)OP(=O)(O)O)[C@@H](O)[C@H]1O)C1ON21. The summed E-state index contributed by atoms with van der Waals surface area (Å²) in [4.78, 5) is 51.8. The summed E-state index contributed by atoms with van der Waals surface area (Å²) >= 11 is 0. The van der Waals surface area contributed by atoms with Crippen LogP contribution in [0.4, 0.5) is 0 Å². The van der Waals surface area contributed by atoms with Crippen molar-refractivity contribution in [1.29, 1.82) is 0 Å². The van der Waals surface area contributed by atoms with Crippen LogP contribution >= 0.6 is 23.5 Å². The van der Waals surface area contributed by atoms with Crippen LogP contribution in [0.3, 0.4) is 0 Å². The standard InChI is InChI=1S/C10H17N6O15P3/c11-8-12-6-5(10(13-8)14-29-10)16-9(28-16)15(6)7-4(18)3(17)2(27-7)1-26-33(22,23)31-34(24,25)30-32(19,20)21/h2-4,7,9,14,17-18H,1H2,(H,22,23)(H,24,25)(H3,11,12,13)(H2,19,20,21)/t2-,3-,4-,7-,9?,10-,16?/m1/s1. The molecule has 24 heteroatoms. The molecule has 3 fully saturated rings. The van der Waals surface area contributed by atoms with E-state index in [0.29, 0.717) is 5.70 Å². The Morgan fingerprint density at radius 2 is 1.79 bits per heavy atom. The smallest absolute Gasteiger partial charge is 0.387 e. The molecule has 0 bridgehead atoms. The highest BCUT2D eigenvalue weighted by atomic mass is 31.3. The van der Waals surface area contributed by atoms with Crippen LogP contribution in [-0.2, 0) is 41.3 Å². The number of phosphoric acid groups is 3. The minimum atomic E-state index is -5.72. The summed E-state index contributed by atoms with van der Waals surface area (Å²) in [7, 11) is -16.8. The van der Waals surface area contributed by atoms with Gasteiger partial charge in [0.05, 0.1) is 6.61 Å². The van der Waals surface area contributed by atoms with Crippen molar-refractivity contribution >= 4 is 29.4 Å². The predicted octanol–water partition coefficient (Wildman–Crippen LogP) is -4.10. The molecule has 0 radical (unpaired) electrons. The molecule has 10 N–H and O–H groups in total. The second kappa shape index (κ2) is 7.64. The number of aliphatic imine (C=N–C) groups is 1. The van der Waals surface area contributed by atoms with Gasteiger partial charge >= 0.3 is 29.3 Å². The van der Waals surface area contributed by atoms with Gasteiger partial charge in [0.2, 0.25) is 0 Å². The molecule has 5 aliphatic rings. The maximum atomic E-state index is 11.9. The summed E-state index contributed by atoms with van der Waals surface area (Å²) in [6.45, 7) is -0.973. The maximum absolute atomic E-state index is 11.9. The Bertz CT molecular complexity index is 1110. The molecule has 5 aliphatic heterocycles. The number of ether oxygens (including phenoxy) is 1. The lowest BCUT2D eigenvalue weighted by Crippen LogP contribution is -2.51. The van der Waals surface area contributed by atoms with Gasteiger partial charge < -0.3 is 45.6 Å². The number of hydrogen-bond donors (Lipinski definition) is 9. The van der Waals surface area contributed by atoms with Crippen molar-refractivity contribution in [1.82, 2.24) is 20.8 Å². The summed E-state index contributed by atoms with van der Waals surface area (Å²) in [6, 6.07) is 0. The van der Waals surface area contributed by atoms with Crippen LogP contribution in [0.15, 0.2) is 16.5 Å². The lowest BCUT2D eigenvalue weighted by atomic mass is 10.1. The molecule has 21 nitrogen and oxygen atoms in total. The van der Waals surface area contributed by atoms with Crippen LogP contribution in [0.2, 0.25) is 0 Å². The maximum Gasteiger partial charge on any atom is 0.490 e. The van der Waals surface area contributed by atoms with Gasteiger partial charge in [-0.25, -0.2) is 23.4 Å². The van der Waals surface area contributed by atoms with Gasteiger partial charge in [-0.15, -0.1) is 5.48 Å². The summed E-state index contributed by atoms with van der Waals surface area (Å²) in [5.41, 5.74) is 8.66. The van der Waals surface area contributed by atoms with Crippen molar-refractivity contribution in [2.45, 2.75) is 36.7 Å². The zero-order chi connectivity index (χ0) is 24.8. The zero-order valence-electron chi connectivity index (χ0n) is 16.2. The van der Waals surface area contributed by atoms with E-state index >= 15 is 0 Å². The van der Waals surface area contributed by atoms with Crippen molar-refractivity contribution in [2.24, 2.45) is 10.7 Å². The Labute approximate surface area is 187 Å². The van der Waals surface area contributed by atoms with Gasteiger partial charge in [0, 0.05) is 0 Å². The molecule has 0 aliphatic carbocycles. The van der Waals surface area contributed by atoms with Crippen molar-refractivity contribution < 1.29 is 71.0 Å². The minimum Gasteiger partial charge on any atom is -0.387 e. The Morgan fingerprint density at radius 1 is 1.12 bits per heavy atom. The molecule has 5 heterocycles. The van der Waals surface area contributed by atoms with Gasteiger partial charge in [0.25, 0.3) is 6.35 Å². The molecule has 3 unspecified atom stereocenters. The summed E-state index contributed by atoms with van der Waals surface area (Å²) in [5.74, 6) is -1.08. The Balaban J connectivity index is 1.25. The fraction of sp³-hybridized carbons (Fsp3) is 0.700. The summed E-state index contributed by atoms with van der Waals surface area (Å²) < 4.78 is 51.2. The zero-order valence-corrected chi connectivity index (χ0v) is 18.9. The fourth-order valence-corrected chi connectivity index (χ4v) is 6.58. The number of fused-ring (bicyclic) bond motifs is 3. The molecule has 0 aromatic heterocycles. The quantitative estimate of drug-likeness (QED) is 0.102. The number of aliphatic hydroxyl groups excluding tert-OH is 2. The Hall–Kier alpha value is -1.22. The first kappa shape index (κ1) is 24.5. The van der Waals surface area contributed by atoms with Crippen molar-refractivity contribution in [3.05, 3.63) is 11.5 Å². The number of hydrogen-bond acceptors (Lipinski definition) is 17. The molecule has 8 atom stereocenters. The van der Waals surface area contributed by atoms with E-state index in [1.165, 1.54) is 9.96 Å². The number of nitrogens with two attached hydrogens (primary N) is 1. The Morgan fingerprint density at radius 3 is 2.41 bits per heavy atom. The van der Waals surface area contributed by atoms with Crippen LogP contribution < -0.4 is 16.5 Å². The van der Waals surface area contributed by atoms with Gasteiger partial charge in [-0.2, -0.15) is 18.7 Å². The first-order valence-corrected chi connectivity index (χ1v) is 13.5. The molecule has 3 saturated heterocycles. The average Bonchev–Trinajstić information content (AvgIpc) is 3.55. The highest BCUT2D eigenvalue weighted by Gasteiger charge is 2.69. The van der Waals surface area contributed by atoms with E-state index in [1.54, 1.807) is 0 Å². The van der Waals surface area contributed by atoms with Gasteiger partial charge in [0.1, 0.15) is 24.1 Å². The first-order chi connectivity index (χ1) is 15.6. The van der Waals surface area contributed by atoms with Crippen molar-refractivity contribution in [3.63, 3.8) is 0 Å². The van der Waals surface area contributed by atoms with Gasteiger partial charge in [-0.05, 0) is 0 Å². The average molecular weight is 554 g/mol. The van der Waals surface area contributed by atoms with Crippen molar-refractivity contribution in [3.8, 4) is 0 Å². The largest absolute Gasteiger partial charge is 0.490 e. The van der Waals surface area contributed by atoms with Crippen molar-refractivity contribution in [2.75, 3.05) is 6.61 Å². The third-order valence-corrected chi connectivity index (χ3v) is 8.68. The monoisotopic (exact) mass is 554 g/mol. The highest BCUT2D eigenvalue weighted by Crippen LogP contribution is 2.66. The summed E-state index contributed by atoms with van der Waals surface area (Å²) in [5, 5.41) is 25.0. The van der Waals surface area contributed by atoms with Gasteiger partial charge in [-0.1, -0.05) is 0 Å². The van der Waals surface area contributed by atoms with Crippen LogP contribution in [-0.4, -0.2) is 89.1 Å². The second-order valence-electron chi connectivity index (χ2n) is 7.27. The number of phosphoric ester groups is 1. The number of nitrogens with zero attached hydrogens (tertiary/aromatic N) is 3. The third-order valence-electron chi connectivity index (χ3n) is 4.87. The fourth-order valence-electron chi connectivity index (χ4n) is 3.56. The van der Waals surface area contributed by atoms with E-state index in [4.69, 9.17) is 29.9 Å². The molecule has 0 aromatic rings. The number of rotatable bonds is 8. The molecule has 0 saturated carbocycles. The van der Waals surface area contributed by atoms with E-state index in [0.717, 1.165) is 0 Å². The first-order valence-electron chi connectivity index (χ1n) is 8.98. The number of aliphatic hydroxyl groups is 2. The van der Waals surface area contributed by atoms with E-state index in [-0.39, 0.29) is 11.8 Å². The van der Waals surface area contributed by atoms with E-state index < -0.39 is 66.8 Å². The molecular formula is C10H17N6O15P3. The highest BCUT2D eigenvalue weighted by molar-refractivity contribution is 7.66. The molecule has 0 amide bonds. The van der Waals surface area contributed by atoms with Crippen LogP contribution in [0.25, 0.3) is 0 Å². The molecule has 192 valence electrons. The number of guanidine groups is 1. The molecule has 0 aromatic carbocycles. The lowest BCUT2D eigenvalue weighted by molar-refractivity contribution is -0.0981. The molecule has 34 heavy (non-hydrogen) atoms.